The van der Waals surface area contributed by atoms with Crippen molar-refractivity contribution in [2.75, 3.05) is 40.4 Å². The Morgan fingerprint density at radius 1 is 1.50 bits per heavy atom. The van der Waals surface area contributed by atoms with Gasteiger partial charge in [-0.2, -0.15) is 0 Å². The zero-order chi connectivity index (χ0) is 12.2. The third-order valence-corrected chi connectivity index (χ3v) is 3.06. The topological polar surface area (TPSA) is 38.8 Å². The number of nitrogens with zero attached hydrogens (tertiary/aromatic N) is 2. The number of ether oxygens (including phenoxy) is 2. The summed E-state index contributed by atoms with van der Waals surface area (Å²) in [6, 6.07) is 0. The van der Waals surface area contributed by atoms with Crippen LogP contribution in [0, 0.1) is 0 Å². The van der Waals surface area contributed by atoms with Crippen molar-refractivity contribution in [1.29, 1.82) is 0 Å². The number of carbonyl (C=O) groups excluding carboxylic acids is 1. The van der Waals surface area contributed by atoms with Crippen LogP contribution in [0.2, 0.25) is 0 Å². The summed E-state index contributed by atoms with van der Waals surface area (Å²) in [6.45, 7) is 8.43. The standard InChI is InChI=1S/C11H21N2O3/c1-5-11(14)16-10(2)13(3,4)12-6-8-15-9-7-12/h5,10H,1,6-9H2,2-4H3/q+1. The molecule has 0 aliphatic carbocycles. The Labute approximate surface area is 96.8 Å². The summed E-state index contributed by atoms with van der Waals surface area (Å²) >= 11 is 0. The first-order valence-corrected chi connectivity index (χ1v) is 5.48. The van der Waals surface area contributed by atoms with Gasteiger partial charge in [-0.3, -0.25) is 0 Å². The van der Waals surface area contributed by atoms with Gasteiger partial charge in [0.2, 0.25) is 0 Å². The molecular formula is C11H21N2O3+. The molecule has 0 aromatic rings. The number of morpholine rings is 1. The highest BCUT2D eigenvalue weighted by Gasteiger charge is 2.35. The molecule has 1 atom stereocenters. The van der Waals surface area contributed by atoms with Crippen LogP contribution in [0.4, 0.5) is 0 Å². The Bertz CT molecular complexity index is 260. The van der Waals surface area contributed by atoms with E-state index in [9.17, 15) is 4.79 Å². The van der Waals surface area contributed by atoms with Crippen LogP contribution in [0.1, 0.15) is 6.92 Å². The van der Waals surface area contributed by atoms with Crippen molar-refractivity contribution >= 4 is 5.97 Å². The number of carbonyl (C=O) groups is 1. The Balaban J connectivity index is 2.59. The molecule has 0 radical (unpaired) electrons. The van der Waals surface area contributed by atoms with Gasteiger partial charge in [0.15, 0.2) is 0 Å². The molecular weight excluding hydrogens is 208 g/mol. The van der Waals surface area contributed by atoms with E-state index in [1.54, 1.807) is 0 Å². The van der Waals surface area contributed by atoms with Gasteiger partial charge < -0.3 is 9.47 Å². The number of quaternary nitrogens is 1. The molecule has 0 saturated carbocycles. The van der Waals surface area contributed by atoms with Crippen molar-refractivity contribution in [2.24, 2.45) is 0 Å². The fourth-order valence-corrected chi connectivity index (χ4v) is 1.64. The first kappa shape index (κ1) is 13.2. The zero-order valence-electron chi connectivity index (χ0n) is 10.3. The number of hydrogen-bond acceptors (Lipinski definition) is 4. The lowest BCUT2D eigenvalue weighted by Gasteiger charge is -2.44. The Kier molecular flexibility index (Phi) is 4.46. The summed E-state index contributed by atoms with van der Waals surface area (Å²) in [5.74, 6) is -0.382. The van der Waals surface area contributed by atoms with Crippen LogP contribution < -0.4 is 0 Å². The van der Waals surface area contributed by atoms with Crippen LogP contribution in [0.25, 0.3) is 0 Å². The number of hydrogen-bond donors (Lipinski definition) is 0. The van der Waals surface area contributed by atoms with Crippen LogP contribution in [0.5, 0.6) is 0 Å². The Morgan fingerprint density at radius 3 is 2.56 bits per heavy atom. The second kappa shape index (κ2) is 5.43. The van der Waals surface area contributed by atoms with Gasteiger partial charge in [0.1, 0.15) is 0 Å². The minimum absolute atomic E-state index is 0.233. The van der Waals surface area contributed by atoms with Gasteiger partial charge in [-0.25, -0.2) is 9.39 Å². The maximum Gasteiger partial charge on any atom is 0.334 e. The molecule has 0 aromatic carbocycles. The van der Waals surface area contributed by atoms with E-state index in [1.165, 1.54) is 6.08 Å². The lowest BCUT2D eigenvalue weighted by Crippen LogP contribution is -2.63. The minimum Gasteiger partial charge on any atom is -0.408 e. The van der Waals surface area contributed by atoms with Crippen LogP contribution in [0.15, 0.2) is 12.7 Å². The van der Waals surface area contributed by atoms with Crippen molar-refractivity contribution in [3.05, 3.63) is 12.7 Å². The first-order chi connectivity index (χ1) is 7.48. The number of rotatable bonds is 4. The summed E-state index contributed by atoms with van der Waals surface area (Å²) < 4.78 is 11.1. The van der Waals surface area contributed by atoms with Gasteiger partial charge in [0.05, 0.1) is 40.4 Å². The van der Waals surface area contributed by atoms with E-state index in [4.69, 9.17) is 9.47 Å². The molecule has 1 saturated heterocycles. The number of esters is 1. The fourth-order valence-electron chi connectivity index (χ4n) is 1.64. The molecule has 1 aliphatic heterocycles. The summed E-state index contributed by atoms with van der Waals surface area (Å²) in [7, 11) is 4.04. The van der Waals surface area contributed by atoms with Gasteiger partial charge in [0.25, 0.3) is 6.23 Å². The monoisotopic (exact) mass is 229 g/mol. The van der Waals surface area contributed by atoms with E-state index in [0.29, 0.717) is 4.59 Å². The molecule has 1 heterocycles. The van der Waals surface area contributed by atoms with Crippen LogP contribution in [-0.2, 0) is 14.3 Å². The first-order valence-electron chi connectivity index (χ1n) is 5.48. The van der Waals surface area contributed by atoms with Crippen molar-refractivity contribution in [2.45, 2.75) is 13.2 Å². The zero-order valence-corrected chi connectivity index (χ0v) is 10.3. The van der Waals surface area contributed by atoms with Crippen LogP contribution in [-0.4, -0.2) is 62.2 Å². The normalized spacial score (nSPS) is 20.2. The smallest absolute Gasteiger partial charge is 0.334 e. The van der Waals surface area contributed by atoms with Crippen molar-refractivity contribution in [3.8, 4) is 0 Å². The molecule has 5 nitrogen and oxygen atoms in total. The van der Waals surface area contributed by atoms with E-state index in [-0.39, 0.29) is 12.2 Å². The lowest BCUT2D eigenvalue weighted by atomic mass is 10.4. The Morgan fingerprint density at radius 2 is 2.06 bits per heavy atom. The van der Waals surface area contributed by atoms with E-state index in [2.05, 4.69) is 11.6 Å². The maximum atomic E-state index is 11.2. The molecule has 0 spiro atoms. The molecule has 1 unspecified atom stereocenters. The van der Waals surface area contributed by atoms with Gasteiger partial charge >= 0.3 is 5.97 Å². The van der Waals surface area contributed by atoms with Gasteiger partial charge in [0, 0.05) is 13.0 Å². The molecule has 0 N–H and O–H groups in total. The van der Waals surface area contributed by atoms with E-state index >= 15 is 0 Å². The summed E-state index contributed by atoms with van der Waals surface area (Å²) in [5.41, 5.74) is 0. The molecule has 16 heavy (non-hydrogen) atoms. The SMILES string of the molecule is C=CC(=O)OC(C)[N+](C)(C)N1CCOCC1. The quantitative estimate of drug-likeness (QED) is 0.302. The average Bonchev–Trinajstić information content (AvgIpc) is 2.29. The molecule has 92 valence electrons. The van der Waals surface area contributed by atoms with E-state index < -0.39 is 0 Å². The predicted molar refractivity (Wildman–Crippen MR) is 60.3 cm³/mol. The molecule has 1 aliphatic rings. The molecule has 5 heteroatoms. The highest BCUT2D eigenvalue weighted by Crippen LogP contribution is 2.15. The molecule has 0 amide bonds. The second-order valence-electron chi connectivity index (χ2n) is 4.29. The second-order valence-corrected chi connectivity index (χ2v) is 4.29. The van der Waals surface area contributed by atoms with Crippen LogP contribution in [0.3, 0.4) is 0 Å². The lowest BCUT2D eigenvalue weighted by molar-refractivity contribution is -1.04. The van der Waals surface area contributed by atoms with E-state index in [1.807, 2.05) is 21.0 Å². The average molecular weight is 229 g/mol. The van der Waals surface area contributed by atoms with Gasteiger partial charge in [-0.05, 0) is 0 Å². The van der Waals surface area contributed by atoms with Crippen molar-refractivity contribution < 1.29 is 18.9 Å². The predicted octanol–water partition coefficient (Wildman–Crippen LogP) is 0.385. The summed E-state index contributed by atoms with van der Waals surface area (Å²) in [5, 5.41) is 2.23. The van der Waals surface area contributed by atoms with E-state index in [0.717, 1.165) is 26.3 Å². The summed E-state index contributed by atoms with van der Waals surface area (Å²) in [4.78, 5) is 11.2. The highest BCUT2D eigenvalue weighted by atomic mass is 16.6. The molecule has 1 rings (SSSR count). The van der Waals surface area contributed by atoms with Crippen molar-refractivity contribution in [1.82, 2.24) is 5.01 Å². The Hall–Kier alpha value is -0.910. The molecule has 1 fully saturated rings. The van der Waals surface area contributed by atoms with Crippen LogP contribution >= 0.6 is 0 Å². The fraction of sp³-hybridized carbons (Fsp3) is 0.727. The summed E-state index contributed by atoms with van der Waals surface area (Å²) in [6.07, 6.45) is 0.958. The third-order valence-electron chi connectivity index (χ3n) is 3.06. The third kappa shape index (κ3) is 3.04. The molecule has 0 aromatic heterocycles. The van der Waals surface area contributed by atoms with Crippen molar-refractivity contribution in [3.63, 3.8) is 0 Å². The van der Waals surface area contributed by atoms with Gasteiger partial charge in [-0.15, -0.1) is 5.01 Å². The maximum absolute atomic E-state index is 11.2. The van der Waals surface area contributed by atoms with Gasteiger partial charge in [-0.1, -0.05) is 6.58 Å². The molecule has 0 bridgehead atoms. The minimum atomic E-state index is -0.382. The highest BCUT2D eigenvalue weighted by molar-refractivity contribution is 5.81. The largest absolute Gasteiger partial charge is 0.408 e.